The van der Waals surface area contributed by atoms with Crippen molar-refractivity contribution in [3.8, 4) is 0 Å². The van der Waals surface area contributed by atoms with Gasteiger partial charge in [0, 0.05) is 52.3 Å². The molecule has 1 fully saturated rings. The summed E-state index contributed by atoms with van der Waals surface area (Å²) in [5.41, 5.74) is 1.69. The summed E-state index contributed by atoms with van der Waals surface area (Å²) >= 11 is 0. The standard InChI is InChI=1S/C18H27N3O2/c1-13(2)20-9-10-21(14(3)22)17(12-20)15-7-6-8-16(11-15)18(23)19(4)5/h6-8,11,13,17H,9-10,12H2,1-5H3/t17-/m0/s1. The van der Waals surface area contributed by atoms with Gasteiger partial charge in [-0.05, 0) is 31.5 Å². The number of rotatable bonds is 3. The fourth-order valence-corrected chi connectivity index (χ4v) is 3.07. The van der Waals surface area contributed by atoms with E-state index in [1.54, 1.807) is 25.9 Å². The lowest BCUT2D eigenvalue weighted by molar-refractivity contribution is -0.134. The highest BCUT2D eigenvalue weighted by Crippen LogP contribution is 2.27. The van der Waals surface area contributed by atoms with Crippen LogP contribution in [0.4, 0.5) is 0 Å². The molecule has 0 N–H and O–H groups in total. The Morgan fingerprint density at radius 3 is 2.48 bits per heavy atom. The second-order valence-electron chi connectivity index (χ2n) is 6.64. The molecule has 1 aromatic carbocycles. The number of carbonyl (C=O) groups is 2. The van der Waals surface area contributed by atoms with Gasteiger partial charge in [-0.2, -0.15) is 0 Å². The van der Waals surface area contributed by atoms with Crippen LogP contribution in [-0.2, 0) is 4.79 Å². The lowest BCUT2D eigenvalue weighted by atomic mass is 9.99. The van der Waals surface area contributed by atoms with Gasteiger partial charge in [0.05, 0.1) is 6.04 Å². The van der Waals surface area contributed by atoms with E-state index in [0.717, 1.165) is 25.2 Å². The third-order valence-corrected chi connectivity index (χ3v) is 4.47. The molecule has 2 amide bonds. The first-order chi connectivity index (χ1) is 10.8. The van der Waals surface area contributed by atoms with Crippen LogP contribution in [0.3, 0.4) is 0 Å². The third kappa shape index (κ3) is 3.91. The molecule has 1 aliphatic heterocycles. The Kier molecular flexibility index (Phi) is 5.42. The SMILES string of the molecule is CC(=O)N1CCN(C(C)C)C[C@H]1c1cccc(C(=O)N(C)C)c1. The fraction of sp³-hybridized carbons (Fsp3) is 0.556. The fourth-order valence-electron chi connectivity index (χ4n) is 3.07. The molecule has 0 aliphatic carbocycles. The monoisotopic (exact) mass is 317 g/mol. The maximum Gasteiger partial charge on any atom is 0.253 e. The maximum absolute atomic E-state index is 12.2. The summed E-state index contributed by atoms with van der Waals surface area (Å²) in [4.78, 5) is 30.1. The molecule has 1 aromatic rings. The minimum absolute atomic E-state index is 0.00133. The normalized spacial score (nSPS) is 19.0. The van der Waals surface area contributed by atoms with Gasteiger partial charge in [-0.25, -0.2) is 0 Å². The zero-order valence-corrected chi connectivity index (χ0v) is 14.7. The van der Waals surface area contributed by atoms with Gasteiger partial charge in [0.1, 0.15) is 0 Å². The zero-order chi connectivity index (χ0) is 17.1. The second-order valence-corrected chi connectivity index (χ2v) is 6.64. The van der Waals surface area contributed by atoms with E-state index in [1.165, 1.54) is 0 Å². The van der Waals surface area contributed by atoms with Gasteiger partial charge in [-0.3, -0.25) is 14.5 Å². The molecule has 1 aliphatic rings. The minimum atomic E-state index is -0.0160. The van der Waals surface area contributed by atoms with E-state index in [9.17, 15) is 9.59 Å². The number of hydrogen-bond acceptors (Lipinski definition) is 3. The Labute approximate surface area is 138 Å². The molecule has 0 radical (unpaired) electrons. The van der Waals surface area contributed by atoms with Gasteiger partial charge in [-0.15, -0.1) is 0 Å². The van der Waals surface area contributed by atoms with E-state index >= 15 is 0 Å². The van der Waals surface area contributed by atoms with Crippen molar-refractivity contribution in [1.82, 2.24) is 14.7 Å². The highest BCUT2D eigenvalue weighted by Gasteiger charge is 2.31. The number of nitrogens with zero attached hydrogens (tertiary/aromatic N) is 3. The zero-order valence-electron chi connectivity index (χ0n) is 14.7. The van der Waals surface area contributed by atoms with Gasteiger partial charge in [0.2, 0.25) is 5.91 Å². The summed E-state index contributed by atoms with van der Waals surface area (Å²) in [6.45, 7) is 8.39. The van der Waals surface area contributed by atoms with Crippen molar-refractivity contribution in [2.75, 3.05) is 33.7 Å². The Hall–Kier alpha value is -1.88. The van der Waals surface area contributed by atoms with Crippen LogP contribution in [0.2, 0.25) is 0 Å². The van der Waals surface area contributed by atoms with Crippen molar-refractivity contribution in [2.45, 2.75) is 32.9 Å². The van der Waals surface area contributed by atoms with Gasteiger partial charge in [-0.1, -0.05) is 12.1 Å². The summed E-state index contributed by atoms with van der Waals surface area (Å²) in [7, 11) is 3.50. The van der Waals surface area contributed by atoms with E-state index in [0.29, 0.717) is 11.6 Å². The van der Waals surface area contributed by atoms with E-state index in [-0.39, 0.29) is 17.9 Å². The van der Waals surface area contributed by atoms with Crippen LogP contribution in [0.25, 0.3) is 0 Å². The van der Waals surface area contributed by atoms with Crippen molar-refractivity contribution in [1.29, 1.82) is 0 Å². The largest absolute Gasteiger partial charge is 0.345 e. The number of benzene rings is 1. The van der Waals surface area contributed by atoms with Crippen molar-refractivity contribution >= 4 is 11.8 Å². The third-order valence-electron chi connectivity index (χ3n) is 4.47. The average molecular weight is 317 g/mol. The summed E-state index contributed by atoms with van der Waals surface area (Å²) < 4.78 is 0. The molecule has 0 unspecified atom stereocenters. The molecule has 5 nitrogen and oxygen atoms in total. The number of hydrogen-bond donors (Lipinski definition) is 0. The number of piperazine rings is 1. The molecular weight excluding hydrogens is 290 g/mol. The molecule has 5 heteroatoms. The highest BCUT2D eigenvalue weighted by atomic mass is 16.2. The Bertz CT molecular complexity index is 583. The second kappa shape index (κ2) is 7.13. The smallest absolute Gasteiger partial charge is 0.253 e. The summed E-state index contributed by atoms with van der Waals surface area (Å²) in [5, 5.41) is 0. The lowest BCUT2D eigenvalue weighted by Crippen LogP contribution is -2.52. The van der Waals surface area contributed by atoms with Crippen LogP contribution < -0.4 is 0 Å². The topological polar surface area (TPSA) is 43.9 Å². The van der Waals surface area contributed by atoms with E-state index in [4.69, 9.17) is 0 Å². The Morgan fingerprint density at radius 1 is 1.22 bits per heavy atom. The predicted octanol–water partition coefficient (Wildman–Crippen LogP) is 2.00. The van der Waals surface area contributed by atoms with Crippen LogP contribution in [0.1, 0.15) is 42.7 Å². The first-order valence-electron chi connectivity index (χ1n) is 8.14. The van der Waals surface area contributed by atoms with Crippen molar-refractivity contribution in [3.63, 3.8) is 0 Å². The number of carbonyl (C=O) groups excluding carboxylic acids is 2. The molecule has 23 heavy (non-hydrogen) atoms. The van der Waals surface area contributed by atoms with Gasteiger partial charge >= 0.3 is 0 Å². The first-order valence-corrected chi connectivity index (χ1v) is 8.14. The average Bonchev–Trinajstić information content (AvgIpc) is 2.53. The maximum atomic E-state index is 12.2. The molecule has 126 valence electrons. The Balaban J connectivity index is 2.33. The van der Waals surface area contributed by atoms with Crippen LogP contribution in [0, 0.1) is 0 Å². The van der Waals surface area contributed by atoms with Crippen molar-refractivity contribution in [2.24, 2.45) is 0 Å². The van der Waals surface area contributed by atoms with E-state index in [1.807, 2.05) is 29.2 Å². The van der Waals surface area contributed by atoms with Gasteiger partial charge in [0.15, 0.2) is 0 Å². The summed E-state index contributed by atoms with van der Waals surface area (Å²) in [6.07, 6.45) is 0. The Morgan fingerprint density at radius 2 is 1.91 bits per heavy atom. The minimum Gasteiger partial charge on any atom is -0.345 e. The predicted molar refractivity (Wildman–Crippen MR) is 91.3 cm³/mol. The van der Waals surface area contributed by atoms with Crippen molar-refractivity contribution in [3.05, 3.63) is 35.4 Å². The van der Waals surface area contributed by atoms with Crippen LogP contribution in [0.5, 0.6) is 0 Å². The van der Waals surface area contributed by atoms with E-state index < -0.39 is 0 Å². The molecular formula is C18H27N3O2. The molecule has 0 bridgehead atoms. The van der Waals surface area contributed by atoms with Crippen LogP contribution >= 0.6 is 0 Å². The lowest BCUT2D eigenvalue weighted by Gasteiger charge is -2.43. The van der Waals surface area contributed by atoms with Crippen LogP contribution in [0.15, 0.2) is 24.3 Å². The molecule has 1 atom stereocenters. The molecule has 0 saturated carbocycles. The van der Waals surface area contributed by atoms with Gasteiger partial charge < -0.3 is 9.80 Å². The molecule has 0 aromatic heterocycles. The van der Waals surface area contributed by atoms with Gasteiger partial charge in [0.25, 0.3) is 5.91 Å². The summed E-state index contributed by atoms with van der Waals surface area (Å²) in [6, 6.07) is 8.10. The molecule has 2 rings (SSSR count). The molecule has 1 heterocycles. The van der Waals surface area contributed by atoms with Crippen LogP contribution in [-0.4, -0.2) is 66.3 Å². The quantitative estimate of drug-likeness (QED) is 0.856. The first kappa shape index (κ1) is 17.5. The number of amides is 2. The molecule has 1 saturated heterocycles. The molecule has 0 spiro atoms. The summed E-state index contributed by atoms with van der Waals surface area (Å²) in [5.74, 6) is 0.0699. The van der Waals surface area contributed by atoms with E-state index in [2.05, 4.69) is 18.7 Å². The van der Waals surface area contributed by atoms with Crippen molar-refractivity contribution < 1.29 is 9.59 Å². The highest BCUT2D eigenvalue weighted by molar-refractivity contribution is 5.94.